The van der Waals surface area contributed by atoms with Gasteiger partial charge in [0.1, 0.15) is 11.5 Å². The summed E-state index contributed by atoms with van der Waals surface area (Å²) in [6, 6.07) is 12.0. The fraction of sp³-hybridized carbons (Fsp3) is 0.435. The monoisotopic (exact) mass is 529 g/mol. The lowest BCUT2D eigenvalue weighted by molar-refractivity contribution is -0.116. The number of phenols is 2. The van der Waals surface area contributed by atoms with Gasteiger partial charge in [0.05, 0.1) is 5.69 Å². The standard InChI is InChI=1S/C23H33NO9P2/c1-3-18(15-8-11-17(25)12-9-15)19(4-2)16-10-13-21(26)20(14-16)24-22(27)6-5-7-23(34(28,29)30)35(31,32)33/h8-14,18-19,23,25-26H,3-7H2,1-2H3,(H,24,27)(H2,28,29,30)(H2,31,32,33). The summed E-state index contributed by atoms with van der Waals surface area (Å²) in [5, 5.41) is 20.3. The average Bonchev–Trinajstić information content (AvgIpc) is 2.75. The first-order chi connectivity index (χ1) is 16.3. The number of rotatable bonds is 12. The fourth-order valence-corrected chi connectivity index (χ4v) is 6.91. The minimum Gasteiger partial charge on any atom is -0.508 e. The maximum Gasteiger partial charge on any atom is 0.340 e. The van der Waals surface area contributed by atoms with E-state index in [1.807, 2.05) is 19.1 Å². The molecule has 0 saturated carbocycles. The van der Waals surface area contributed by atoms with E-state index in [1.54, 1.807) is 24.3 Å². The molecule has 0 radical (unpaired) electrons. The molecule has 0 aromatic heterocycles. The molecule has 0 aliphatic carbocycles. The van der Waals surface area contributed by atoms with Crippen LogP contribution in [-0.2, 0) is 13.9 Å². The van der Waals surface area contributed by atoms with Crippen molar-refractivity contribution in [3.63, 3.8) is 0 Å². The lowest BCUT2D eigenvalue weighted by atomic mass is 9.78. The van der Waals surface area contributed by atoms with Crippen molar-refractivity contribution in [2.24, 2.45) is 0 Å². The lowest BCUT2D eigenvalue weighted by Gasteiger charge is -2.27. The van der Waals surface area contributed by atoms with Crippen LogP contribution < -0.4 is 5.32 Å². The van der Waals surface area contributed by atoms with Gasteiger partial charge in [-0.3, -0.25) is 13.9 Å². The summed E-state index contributed by atoms with van der Waals surface area (Å²) in [7, 11) is -10.1. The zero-order chi connectivity index (χ0) is 26.4. The Kier molecular flexibility index (Phi) is 10.1. The highest BCUT2D eigenvalue weighted by Gasteiger charge is 2.42. The first kappa shape index (κ1) is 29.0. The number of benzene rings is 2. The van der Waals surface area contributed by atoms with Crippen molar-refractivity contribution < 1.29 is 43.7 Å². The third kappa shape index (κ3) is 8.17. The predicted molar refractivity (Wildman–Crippen MR) is 133 cm³/mol. The Labute approximate surface area is 204 Å². The fourth-order valence-electron chi connectivity index (χ4n) is 4.30. The van der Waals surface area contributed by atoms with Crippen molar-refractivity contribution in [3.05, 3.63) is 53.6 Å². The second-order valence-corrected chi connectivity index (χ2v) is 12.5. The smallest absolute Gasteiger partial charge is 0.340 e. The van der Waals surface area contributed by atoms with Crippen LogP contribution in [0.4, 0.5) is 5.69 Å². The van der Waals surface area contributed by atoms with Crippen LogP contribution in [0.15, 0.2) is 42.5 Å². The Bertz CT molecular complexity index is 1070. The molecular formula is C23H33NO9P2. The van der Waals surface area contributed by atoms with E-state index in [-0.39, 0.29) is 41.9 Å². The second-order valence-electron chi connectivity index (χ2n) is 8.50. The molecule has 0 bridgehead atoms. The summed E-state index contributed by atoms with van der Waals surface area (Å²) >= 11 is 0. The van der Waals surface area contributed by atoms with Crippen LogP contribution in [0.25, 0.3) is 0 Å². The van der Waals surface area contributed by atoms with Gasteiger partial charge in [-0.2, -0.15) is 0 Å². The molecule has 35 heavy (non-hydrogen) atoms. The number of nitrogens with one attached hydrogen (secondary N) is 1. The van der Waals surface area contributed by atoms with E-state index in [9.17, 15) is 43.7 Å². The SMILES string of the molecule is CCC(c1ccc(O)cc1)C(CC)c1ccc(O)c(NC(=O)CCCC(P(=O)(O)O)P(=O)(O)O)c1. The summed E-state index contributed by atoms with van der Waals surface area (Å²) in [5.41, 5.74) is 2.12. The highest BCUT2D eigenvalue weighted by atomic mass is 31.2. The predicted octanol–water partition coefficient (Wildman–Crippen LogP) is 4.58. The molecule has 2 aromatic carbocycles. The molecule has 0 heterocycles. The van der Waals surface area contributed by atoms with Crippen molar-refractivity contribution in [2.45, 2.75) is 63.2 Å². The number of carbonyl (C=O) groups excluding carboxylic acids is 1. The first-order valence-corrected chi connectivity index (χ1v) is 14.7. The number of amides is 1. The van der Waals surface area contributed by atoms with Crippen LogP contribution in [0.5, 0.6) is 11.5 Å². The third-order valence-electron chi connectivity index (χ3n) is 6.05. The van der Waals surface area contributed by atoms with Gasteiger partial charge >= 0.3 is 15.2 Å². The normalized spacial score (nSPS) is 14.0. The summed E-state index contributed by atoms with van der Waals surface area (Å²) in [5.74, 6) is -0.345. The average molecular weight is 529 g/mol. The van der Waals surface area contributed by atoms with Gasteiger partial charge in [0.25, 0.3) is 0 Å². The molecule has 0 aliphatic heterocycles. The highest BCUT2D eigenvalue weighted by molar-refractivity contribution is 7.70. The number of aromatic hydroxyl groups is 2. The van der Waals surface area contributed by atoms with Crippen molar-refractivity contribution in [1.82, 2.24) is 0 Å². The molecule has 1 amide bonds. The quantitative estimate of drug-likeness (QED) is 0.153. The summed E-state index contributed by atoms with van der Waals surface area (Å²) in [4.78, 5) is 49.2. The zero-order valence-electron chi connectivity index (χ0n) is 19.6. The van der Waals surface area contributed by atoms with E-state index in [1.165, 1.54) is 6.07 Å². The Morgan fingerprint density at radius 1 is 0.857 bits per heavy atom. The summed E-state index contributed by atoms with van der Waals surface area (Å²) in [6.45, 7) is 4.10. The minimum absolute atomic E-state index is 0.0630. The largest absolute Gasteiger partial charge is 0.508 e. The van der Waals surface area contributed by atoms with Crippen molar-refractivity contribution in [2.75, 3.05) is 5.32 Å². The third-order valence-corrected chi connectivity index (χ3v) is 9.93. The van der Waals surface area contributed by atoms with Gasteiger partial charge in [-0.15, -0.1) is 0 Å². The van der Waals surface area contributed by atoms with E-state index in [4.69, 9.17) is 0 Å². The molecule has 194 valence electrons. The molecule has 10 nitrogen and oxygen atoms in total. The number of anilines is 1. The Hall–Kier alpha value is -2.19. The van der Waals surface area contributed by atoms with E-state index in [2.05, 4.69) is 12.2 Å². The minimum atomic E-state index is -5.04. The molecule has 2 unspecified atom stereocenters. The number of phenolic OH excluding ortho intramolecular Hbond substituents is 2. The summed E-state index contributed by atoms with van der Waals surface area (Å²) < 4.78 is 22.7. The number of carbonyl (C=O) groups is 1. The Balaban J connectivity index is 2.14. The van der Waals surface area contributed by atoms with E-state index >= 15 is 0 Å². The van der Waals surface area contributed by atoms with Gasteiger partial charge in [-0.1, -0.05) is 32.0 Å². The van der Waals surface area contributed by atoms with Gasteiger partial charge < -0.3 is 35.1 Å². The van der Waals surface area contributed by atoms with Crippen molar-refractivity contribution in [3.8, 4) is 11.5 Å². The van der Waals surface area contributed by atoms with Crippen molar-refractivity contribution in [1.29, 1.82) is 0 Å². The van der Waals surface area contributed by atoms with Crippen molar-refractivity contribution >= 4 is 26.8 Å². The Morgan fingerprint density at radius 2 is 1.37 bits per heavy atom. The van der Waals surface area contributed by atoms with Crippen LogP contribution >= 0.6 is 15.2 Å². The Morgan fingerprint density at radius 3 is 1.89 bits per heavy atom. The maximum absolute atomic E-state index is 12.4. The highest BCUT2D eigenvalue weighted by Crippen LogP contribution is 2.61. The molecule has 0 fully saturated rings. The molecule has 2 aromatic rings. The number of hydrogen-bond donors (Lipinski definition) is 7. The molecule has 0 spiro atoms. The van der Waals surface area contributed by atoms with Gasteiger partial charge in [0, 0.05) is 6.42 Å². The first-order valence-electron chi connectivity index (χ1n) is 11.3. The lowest BCUT2D eigenvalue weighted by Crippen LogP contribution is -2.15. The van der Waals surface area contributed by atoms with E-state index in [0.29, 0.717) is 0 Å². The molecule has 0 aliphatic rings. The molecule has 0 saturated heterocycles. The van der Waals surface area contributed by atoms with Gasteiger partial charge in [-0.25, -0.2) is 0 Å². The maximum atomic E-state index is 12.4. The summed E-state index contributed by atoms with van der Waals surface area (Å²) in [6.07, 6.45) is 0.665. The molecule has 7 N–H and O–H groups in total. The van der Waals surface area contributed by atoms with Crippen LogP contribution in [0.3, 0.4) is 0 Å². The molecule has 2 rings (SSSR count). The van der Waals surface area contributed by atoms with Crippen LogP contribution in [0.1, 0.15) is 68.9 Å². The van der Waals surface area contributed by atoms with Crippen LogP contribution in [-0.4, -0.2) is 41.1 Å². The van der Waals surface area contributed by atoms with Gasteiger partial charge in [0.15, 0.2) is 5.40 Å². The second kappa shape index (κ2) is 12.2. The molecule has 2 atom stereocenters. The van der Waals surface area contributed by atoms with E-state index < -0.39 is 32.9 Å². The topological polar surface area (TPSA) is 185 Å². The van der Waals surface area contributed by atoms with Gasteiger partial charge in [0.2, 0.25) is 5.91 Å². The van der Waals surface area contributed by atoms with Crippen LogP contribution in [0, 0.1) is 0 Å². The zero-order valence-corrected chi connectivity index (χ0v) is 21.4. The number of hydrogen-bond acceptors (Lipinski definition) is 5. The molecular weight excluding hydrogens is 496 g/mol. The molecule has 12 heteroatoms. The van der Waals surface area contributed by atoms with E-state index in [0.717, 1.165) is 24.0 Å². The van der Waals surface area contributed by atoms with Gasteiger partial charge in [-0.05, 0) is 72.9 Å². The van der Waals surface area contributed by atoms with Crippen LogP contribution in [0.2, 0.25) is 0 Å².